The van der Waals surface area contributed by atoms with Crippen molar-refractivity contribution in [3.63, 3.8) is 0 Å². The quantitative estimate of drug-likeness (QED) is 0.800. The number of nitrogens with one attached hydrogen (secondary N) is 1. The predicted molar refractivity (Wildman–Crippen MR) is 96.7 cm³/mol. The molecule has 0 aliphatic heterocycles. The van der Waals surface area contributed by atoms with Gasteiger partial charge >= 0.3 is 10.8 Å². The third-order valence-corrected chi connectivity index (χ3v) is 4.92. The molecule has 1 atom stereocenters. The number of amides is 1. The standard InChI is InChI=1S/C18H22N2O4S/c1-11-5-6-15(7-12(11)2)14(4)19-16(21)9-24-17(22)8-20-13(3)10-25-18(20)23/h5-7,10,14H,8-9H2,1-4H3,(H,19,21)/t14-/m0/s1. The molecule has 134 valence electrons. The first-order chi connectivity index (χ1) is 11.8. The summed E-state index contributed by atoms with van der Waals surface area (Å²) in [6.45, 7) is 7.10. The van der Waals surface area contributed by atoms with Crippen molar-refractivity contribution in [2.24, 2.45) is 0 Å². The number of nitrogens with zero attached hydrogens (tertiary/aromatic N) is 1. The second-order valence-corrected chi connectivity index (χ2v) is 6.84. The van der Waals surface area contributed by atoms with E-state index in [1.807, 2.05) is 39.0 Å². The molecule has 0 fully saturated rings. The fraction of sp³-hybridized carbons (Fsp3) is 0.389. The van der Waals surface area contributed by atoms with Crippen LogP contribution >= 0.6 is 11.3 Å². The van der Waals surface area contributed by atoms with Gasteiger partial charge in [0.15, 0.2) is 6.61 Å². The van der Waals surface area contributed by atoms with E-state index in [0.717, 1.165) is 22.5 Å². The summed E-state index contributed by atoms with van der Waals surface area (Å²) in [7, 11) is 0. The number of hydrogen-bond donors (Lipinski definition) is 1. The van der Waals surface area contributed by atoms with Gasteiger partial charge in [0.05, 0.1) is 6.04 Å². The van der Waals surface area contributed by atoms with Crippen LogP contribution in [-0.2, 0) is 20.9 Å². The van der Waals surface area contributed by atoms with Crippen molar-refractivity contribution >= 4 is 23.2 Å². The molecule has 7 heteroatoms. The van der Waals surface area contributed by atoms with E-state index >= 15 is 0 Å². The van der Waals surface area contributed by atoms with E-state index in [1.165, 1.54) is 10.1 Å². The maximum absolute atomic E-state index is 12.0. The molecular weight excluding hydrogens is 340 g/mol. The van der Waals surface area contributed by atoms with Gasteiger partial charge in [-0.15, -0.1) is 0 Å². The Labute approximate surface area is 150 Å². The van der Waals surface area contributed by atoms with Crippen LogP contribution in [-0.4, -0.2) is 23.1 Å². The Kier molecular flexibility index (Phi) is 6.14. The van der Waals surface area contributed by atoms with E-state index in [1.54, 1.807) is 12.3 Å². The Hall–Kier alpha value is -2.41. The van der Waals surface area contributed by atoms with E-state index in [0.29, 0.717) is 5.69 Å². The minimum Gasteiger partial charge on any atom is -0.454 e. The summed E-state index contributed by atoms with van der Waals surface area (Å²) in [5.74, 6) is -0.994. The molecule has 0 radical (unpaired) electrons. The topological polar surface area (TPSA) is 77.4 Å². The molecule has 0 unspecified atom stereocenters. The van der Waals surface area contributed by atoms with Crippen molar-refractivity contribution in [1.29, 1.82) is 0 Å². The van der Waals surface area contributed by atoms with Crippen molar-refractivity contribution in [1.82, 2.24) is 9.88 Å². The lowest BCUT2D eigenvalue weighted by Crippen LogP contribution is -2.32. The molecule has 0 saturated heterocycles. The van der Waals surface area contributed by atoms with Gasteiger partial charge in [0, 0.05) is 11.1 Å². The summed E-state index contributed by atoms with van der Waals surface area (Å²) in [5.41, 5.74) is 4.03. The molecular formula is C18H22N2O4S. The number of hydrogen-bond acceptors (Lipinski definition) is 5. The van der Waals surface area contributed by atoms with E-state index in [-0.39, 0.29) is 30.0 Å². The SMILES string of the molecule is Cc1ccc([C@H](C)NC(=O)COC(=O)Cn2c(C)csc2=O)cc1C. The predicted octanol–water partition coefficient (Wildman–Crippen LogP) is 2.26. The molecule has 2 rings (SSSR count). The number of ether oxygens (including phenoxy) is 1. The first-order valence-electron chi connectivity index (χ1n) is 7.95. The Morgan fingerprint density at radius 3 is 2.56 bits per heavy atom. The Morgan fingerprint density at radius 2 is 1.96 bits per heavy atom. The molecule has 25 heavy (non-hydrogen) atoms. The number of thiazole rings is 1. The van der Waals surface area contributed by atoms with Crippen LogP contribution in [0.5, 0.6) is 0 Å². The second kappa shape index (κ2) is 8.11. The number of benzene rings is 1. The summed E-state index contributed by atoms with van der Waals surface area (Å²) in [6.07, 6.45) is 0. The monoisotopic (exact) mass is 362 g/mol. The van der Waals surface area contributed by atoms with E-state index < -0.39 is 5.97 Å². The third-order valence-electron chi connectivity index (χ3n) is 4.04. The van der Waals surface area contributed by atoms with Crippen LogP contribution in [0.1, 0.15) is 35.3 Å². The zero-order valence-electron chi connectivity index (χ0n) is 14.8. The van der Waals surface area contributed by atoms with E-state index in [4.69, 9.17) is 4.74 Å². The fourth-order valence-corrected chi connectivity index (χ4v) is 3.05. The van der Waals surface area contributed by atoms with Crippen molar-refractivity contribution in [2.75, 3.05) is 6.61 Å². The van der Waals surface area contributed by atoms with Crippen LogP contribution in [0.4, 0.5) is 0 Å². The summed E-state index contributed by atoms with van der Waals surface area (Å²) >= 11 is 1.03. The number of rotatable bonds is 6. The highest BCUT2D eigenvalue weighted by molar-refractivity contribution is 7.07. The first kappa shape index (κ1) is 18.9. The van der Waals surface area contributed by atoms with Crippen LogP contribution in [0.15, 0.2) is 28.4 Å². The molecule has 0 saturated carbocycles. The van der Waals surface area contributed by atoms with Gasteiger partial charge in [-0.05, 0) is 44.4 Å². The van der Waals surface area contributed by atoms with E-state index in [9.17, 15) is 14.4 Å². The summed E-state index contributed by atoms with van der Waals surface area (Å²) in [6, 6.07) is 5.81. The Bertz CT molecular complexity index is 838. The van der Waals surface area contributed by atoms with Gasteiger partial charge in [-0.2, -0.15) is 0 Å². The largest absolute Gasteiger partial charge is 0.454 e. The molecule has 0 bridgehead atoms. The molecule has 1 aromatic carbocycles. The molecule has 0 aliphatic rings. The molecule has 1 N–H and O–H groups in total. The highest BCUT2D eigenvalue weighted by Gasteiger charge is 2.14. The summed E-state index contributed by atoms with van der Waals surface area (Å²) in [4.78, 5) is 35.1. The number of aromatic nitrogens is 1. The molecule has 6 nitrogen and oxygen atoms in total. The lowest BCUT2D eigenvalue weighted by atomic mass is 10.0. The third kappa shape index (κ3) is 5.03. The zero-order valence-corrected chi connectivity index (χ0v) is 15.6. The van der Waals surface area contributed by atoms with Crippen LogP contribution in [0.25, 0.3) is 0 Å². The summed E-state index contributed by atoms with van der Waals surface area (Å²) in [5, 5.41) is 4.47. The van der Waals surface area contributed by atoms with Gasteiger partial charge in [0.1, 0.15) is 6.54 Å². The zero-order chi connectivity index (χ0) is 18.6. The van der Waals surface area contributed by atoms with Crippen molar-refractivity contribution in [3.05, 3.63) is 55.6 Å². The second-order valence-electron chi connectivity index (χ2n) is 6.02. The minimum atomic E-state index is -0.613. The minimum absolute atomic E-state index is 0.186. The van der Waals surface area contributed by atoms with Gasteiger partial charge in [0.25, 0.3) is 5.91 Å². The summed E-state index contributed by atoms with van der Waals surface area (Å²) < 4.78 is 6.28. The average molecular weight is 362 g/mol. The first-order valence-corrected chi connectivity index (χ1v) is 8.83. The molecule has 2 aromatic rings. The normalized spacial score (nSPS) is 11.8. The number of esters is 1. The molecule has 0 spiro atoms. The highest BCUT2D eigenvalue weighted by atomic mass is 32.1. The lowest BCUT2D eigenvalue weighted by molar-refractivity contribution is -0.149. The van der Waals surface area contributed by atoms with Gasteiger partial charge < -0.3 is 10.1 Å². The maximum atomic E-state index is 12.0. The van der Waals surface area contributed by atoms with Crippen LogP contribution in [0.2, 0.25) is 0 Å². The van der Waals surface area contributed by atoms with Crippen LogP contribution < -0.4 is 10.2 Å². The molecule has 1 aromatic heterocycles. The van der Waals surface area contributed by atoms with Crippen LogP contribution in [0, 0.1) is 20.8 Å². The fourth-order valence-electron chi connectivity index (χ4n) is 2.32. The van der Waals surface area contributed by atoms with Gasteiger partial charge in [-0.1, -0.05) is 29.5 Å². The molecule has 0 aliphatic carbocycles. The molecule has 1 amide bonds. The van der Waals surface area contributed by atoms with Crippen molar-refractivity contribution in [2.45, 2.75) is 40.3 Å². The van der Waals surface area contributed by atoms with Crippen molar-refractivity contribution < 1.29 is 14.3 Å². The van der Waals surface area contributed by atoms with Gasteiger partial charge in [0.2, 0.25) is 0 Å². The van der Waals surface area contributed by atoms with Gasteiger partial charge in [-0.3, -0.25) is 19.0 Å². The smallest absolute Gasteiger partial charge is 0.326 e. The molecule has 1 heterocycles. The highest BCUT2D eigenvalue weighted by Crippen LogP contribution is 2.16. The maximum Gasteiger partial charge on any atom is 0.326 e. The van der Waals surface area contributed by atoms with Crippen LogP contribution in [0.3, 0.4) is 0 Å². The van der Waals surface area contributed by atoms with Gasteiger partial charge in [-0.25, -0.2) is 0 Å². The average Bonchev–Trinajstić information content (AvgIpc) is 2.87. The number of carbonyl (C=O) groups is 2. The lowest BCUT2D eigenvalue weighted by Gasteiger charge is -2.16. The Morgan fingerprint density at radius 1 is 1.24 bits per heavy atom. The number of carbonyl (C=O) groups excluding carboxylic acids is 2. The van der Waals surface area contributed by atoms with E-state index in [2.05, 4.69) is 5.32 Å². The Balaban J connectivity index is 1.84. The van der Waals surface area contributed by atoms with Crippen molar-refractivity contribution in [3.8, 4) is 0 Å². The number of aryl methyl sites for hydroxylation is 3.